The van der Waals surface area contributed by atoms with E-state index in [-0.39, 0.29) is 11.5 Å². The highest BCUT2D eigenvalue weighted by atomic mass is 28.4. The van der Waals surface area contributed by atoms with Crippen molar-refractivity contribution < 1.29 is 23.5 Å². The van der Waals surface area contributed by atoms with Crippen molar-refractivity contribution in [1.82, 2.24) is 0 Å². The molecule has 0 aromatic heterocycles. The van der Waals surface area contributed by atoms with Crippen molar-refractivity contribution in [2.24, 2.45) is 5.73 Å². The summed E-state index contributed by atoms with van der Waals surface area (Å²) in [6, 6.07) is 7.13. The summed E-state index contributed by atoms with van der Waals surface area (Å²) in [5.74, 6) is 5.57. The van der Waals surface area contributed by atoms with Gasteiger partial charge >= 0.3 is 6.09 Å². The number of amides is 1. The van der Waals surface area contributed by atoms with Gasteiger partial charge in [0.1, 0.15) is 5.75 Å². The molecule has 0 unspecified atom stereocenters. The van der Waals surface area contributed by atoms with E-state index >= 15 is 0 Å². The largest absolute Gasteiger partial charge is 0.497 e. The summed E-state index contributed by atoms with van der Waals surface area (Å²) >= 11 is 0. The van der Waals surface area contributed by atoms with Crippen LogP contribution in [0.15, 0.2) is 24.3 Å². The number of hydrogen-bond acceptors (Lipinski definition) is 5. The van der Waals surface area contributed by atoms with Gasteiger partial charge in [0, 0.05) is 19.4 Å². The van der Waals surface area contributed by atoms with Crippen LogP contribution in [0, 0.1) is 11.8 Å². The van der Waals surface area contributed by atoms with Gasteiger partial charge in [-0.2, -0.15) is 0 Å². The van der Waals surface area contributed by atoms with Crippen molar-refractivity contribution >= 4 is 20.2 Å². The number of hydrogen-bond donors (Lipinski definition) is 1. The Morgan fingerprint density at radius 1 is 1.18 bits per heavy atom. The van der Waals surface area contributed by atoms with Gasteiger partial charge in [0.15, 0.2) is 14.4 Å². The molecule has 7 heteroatoms. The summed E-state index contributed by atoms with van der Waals surface area (Å²) in [7, 11) is -0.262. The molecular formula is C21H31NO5Si. The average Bonchev–Trinajstić information content (AvgIpc) is 2.60. The zero-order chi connectivity index (χ0) is 21.4. The van der Waals surface area contributed by atoms with Gasteiger partial charge < -0.3 is 19.6 Å². The van der Waals surface area contributed by atoms with Crippen LogP contribution in [-0.4, -0.2) is 40.0 Å². The molecule has 1 aromatic rings. The maximum absolute atomic E-state index is 12.4. The molecule has 154 valence electrons. The number of primary amides is 1. The monoisotopic (exact) mass is 405 g/mol. The first-order valence-electron chi connectivity index (χ1n) is 9.22. The zero-order valence-corrected chi connectivity index (χ0v) is 18.6. The fourth-order valence-electron chi connectivity index (χ4n) is 2.11. The third kappa shape index (κ3) is 7.75. The molecule has 6 nitrogen and oxygen atoms in total. The highest BCUT2D eigenvalue weighted by molar-refractivity contribution is 6.74. The number of nitrogens with two attached hydrogens (primary N) is 1. The van der Waals surface area contributed by atoms with Crippen molar-refractivity contribution in [2.75, 3.05) is 13.7 Å². The summed E-state index contributed by atoms with van der Waals surface area (Å²) in [6.45, 7) is 11.3. The van der Waals surface area contributed by atoms with E-state index in [2.05, 4.69) is 45.7 Å². The van der Waals surface area contributed by atoms with E-state index in [0.717, 1.165) is 5.56 Å². The Balaban J connectivity index is 2.68. The lowest BCUT2D eigenvalue weighted by Gasteiger charge is -2.35. The number of benzene rings is 1. The first-order chi connectivity index (χ1) is 13.0. The van der Waals surface area contributed by atoms with Crippen LogP contribution < -0.4 is 10.5 Å². The molecule has 0 bridgehead atoms. The third-order valence-corrected chi connectivity index (χ3v) is 9.38. The molecule has 1 rings (SSSR count). The normalized spacial score (nSPS) is 12.5. The van der Waals surface area contributed by atoms with E-state index in [1.54, 1.807) is 31.4 Å². The van der Waals surface area contributed by atoms with Crippen molar-refractivity contribution in [3.8, 4) is 17.6 Å². The molecule has 0 saturated carbocycles. The lowest BCUT2D eigenvalue weighted by atomic mass is 10.0. The van der Waals surface area contributed by atoms with Gasteiger partial charge in [0.25, 0.3) is 0 Å². The first-order valence-corrected chi connectivity index (χ1v) is 12.1. The van der Waals surface area contributed by atoms with E-state index in [1.807, 2.05) is 0 Å². The topological polar surface area (TPSA) is 87.9 Å². The minimum Gasteiger partial charge on any atom is -0.497 e. The summed E-state index contributed by atoms with van der Waals surface area (Å²) in [6.07, 6.45) is -1.42. The van der Waals surface area contributed by atoms with Crippen LogP contribution >= 0.6 is 0 Å². The Kier molecular flexibility index (Phi) is 8.73. The predicted octanol–water partition coefficient (Wildman–Crippen LogP) is 3.69. The Hall–Kier alpha value is -2.30. The highest BCUT2D eigenvalue weighted by Crippen LogP contribution is 2.36. The summed E-state index contributed by atoms with van der Waals surface area (Å²) < 4.78 is 16.1. The number of rotatable bonds is 8. The SMILES string of the molecule is COc1ccc(C[C@H](OC(N)=O)C(=O)C#CCCO[Si](C)(C)C(C)(C)C)cc1. The van der Waals surface area contributed by atoms with E-state index in [0.29, 0.717) is 18.8 Å². The molecule has 0 fully saturated rings. The van der Waals surface area contributed by atoms with Crippen LogP contribution in [0.4, 0.5) is 4.79 Å². The Morgan fingerprint density at radius 2 is 1.79 bits per heavy atom. The molecule has 0 aliphatic heterocycles. The molecule has 28 heavy (non-hydrogen) atoms. The second kappa shape index (κ2) is 10.3. The van der Waals surface area contributed by atoms with Crippen LogP contribution in [0.3, 0.4) is 0 Å². The van der Waals surface area contributed by atoms with Gasteiger partial charge in [-0.05, 0) is 41.7 Å². The standard InChI is InChI=1S/C21H31NO5Si/c1-21(2,3)28(5,6)26-14-8-7-9-18(23)19(27-20(22)24)15-16-10-12-17(25-4)13-11-16/h10-13,19H,8,14-15H2,1-6H3,(H2,22,24)/t19-/m0/s1. The molecule has 0 heterocycles. The van der Waals surface area contributed by atoms with Gasteiger partial charge in [-0.25, -0.2) is 4.79 Å². The van der Waals surface area contributed by atoms with Crippen LogP contribution in [0.5, 0.6) is 5.75 Å². The molecule has 0 aliphatic carbocycles. The Labute approximate surface area is 168 Å². The number of Topliss-reactive ketones (excluding diaryl/α,β-unsaturated/α-hetero) is 1. The van der Waals surface area contributed by atoms with E-state index < -0.39 is 26.3 Å². The minimum atomic E-state index is -1.83. The number of methoxy groups -OCH3 is 1. The summed E-state index contributed by atoms with van der Waals surface area (Å²) in [5, 5.41) is 0.120. The van der Waals surface area contributed by atoms with Gasteiger partial charge in [-0.1, -0.05) is 38.8 Å². The fourth-order valence-corrected chi connectivity index (χ4v) is 3.15. The molecule has 1 atom stereocenters. The van der Waals surface area contributed by atoms with Gasteiger partial charge in [-0.3, -0.25) is 4.79 Å². The van der Waals surface area contributed by atoms with Crippen molar-refractivity contribution in [3.63, 3.8) is 0 Å². The van der Waals surface area contributed by atoms with Crippen LogP contribution in [0.25, 0.3) is 0 Å². The fraction of sp³-hybridized carbons (Fsp3) is 0.524. The zero-order valence-electron chi connectivity index (χ0n) is 17.6. The van der Waals surface area contributed by atoms with E-state index in [4.69, 9.17) is 19.6 Å². The molecule has 1 aromatic carbocycles. The van der Waals surface area contributed by atoms with Crippen LogP contribution in [-0.2, 0) is 20.4 Å². The molecule has 0 saturated heterocycles. The minimum absolute atomic E-state index is 0.120. The van der Waals surface area contributed by atoms with Gasteiger partial charge in [-0.15, -0.1) is 0 Å². The van der Waals surface area contributed by atoms with Crippen LogP contribution in [0.2, 0.25) is 18.1 Å². The quantitative estimate of drug-likeness (QED) is 0.308. The average molecular weight is 406 g/mol. The molecule has 1 amide bonds. The number of ether oxygens (including phenoxy) is 2. The number of ketones is 1. The Bertz CT molecular complexity index is 726. The van der Waals surface area contributed by atoms with E-state index in [1.165, 1.54) is 0 Å². The number of carbonyl (C=O) groups is 2. The van der Waals surface area contributed by atoms with E-state index in [9.17, 15) is 9.59 Å². The highest BCUT2D eigenvalue weighted by Gasteiger charge is 2.36. The van der Waals surface area contributed by atoms with Crippen molar-refractivity contribution in [2.45, 2.75) is 57.8 Å². The number of carbonyl (C=O) groups excluding carboxylic acids is 2. The van der Waals surface area contributed by atoms with Crippen molar-refractivity contribution in [3.05, 3.63) is 29.8 Å². The maximum atomic E-state index is 12.4. The maximum Gasteiger partial charge on any atom is 0.405 e. The molecule has 0 aliphatic rings. The molecule has 2 N–H and O–H groups in total. The van der Waals surface area contributed by atoms with Crippen LogP contribution in [0.1, 0.15) is 32.8 Å². The summed E-state index contributed by atoms with van der Waals surface area (Å²) in [5.41, 5.74) is 5.91. The predicted molar refractivity (Wildman–Crippen MR) is 112 cm³/mol. The first kappa shape index (κ1) is 23.7. The van der Waals surface area contributed by atoms with Crippen molar-refractivity contribution in [1.29, 1.82) is 0 Å². The lowest BCUT2D eigenvalue weighted by Crippen LogP contribution is -2.40. The van der Waals surface area contributed by atoms with Gasteiger partial charge in [0.05, 0.1) is 7.11 Å². The molecular weight excluding hydrogens is 374 g/mol. The van der Waals surface area contributed by atoms with Gasteiger partial charge in [0.2, 0.25) is 5.78 Å². The second-order valence-electron chi connectivity index (χ2n) is 8.00. The Morgan fingerprint density at radius 3 is 2.29 bits per heavy atom. The lowest BCUT2D eigenvalue weighted by molar-refractivity contribution is -0.121. The molecule has 0 spiro atoms. The third-order valence-electron chi connectivity index (χ3n) is 4.84. The molecule has 0 radical (unpaired) electrons. The summed E-state index contributed by atoms with van der Waals surface area (Å²) in [4.78, 5) is 23.5. The second-order valence-corrected chi connectivity index (χ2v) is 12.8. The smallest absolute Gasteiger partial charge is 0.405 e.